The molecule has 1 N–H and O–H groups in total. The maximum absolute atomic E-state index is 14.2. The van der Waals surface area contributed by atoms with E-state index in [0.29, 0.717) is 12.1 Å². The van der Waals surface area contributed by atoms with E-state index in [1.165, 1.54) is 10.8 Å². The Morgan fingerprint density at radius 1 is 1.13 bits per heavy atom. The molecule has 0 spiro atoms. The van der Waals surface area contributed by atoms with Crippen molar-refractivity contribution in [2.45, 2.75) is 18.9 Å². The fraction of sp³-hybridized carbons (Fsp3) is 0.214. The van der Waals surface area contributed by atoms with Gasteiger partial charge in [-0.15, -0.1) is 0 Å². The van der Waals surface area contributed by atoms with Gasteiger partial charge in [-0.2, -0.15) is 19.6 Å². The van der Waals surface area contributed by atoms with E-state index in [9.17, 15) is 13.2 Å². The Kier molecular flexibility index (Phi) is 3.15. The Morgan fingerprint density at radius 3 is 2.48 bits per heavy atom. The maximum Gasteiger partial charge on any atom is 0.255 e. The lowest BCUT2D eigenvalue weighted by molar-refractivity contribution is 0.548. The molecule has 0 unspecified atom stereocenters. The van der Waals surface area contributed by atoms with Gasteiger partial charge in [0.25, 0.3) is 5.78 Å². The topological polar surface area (TPSA) is 55.1 Å². The highest BCUT2D eigenvalue weighted by molar-refractivity contribution is 6.33. The molecule has 118 valence electrons. The molecule has 2 heterocycles. The predicted octanol–water partition coefficient (Wildman–Crippen LogP) is 3.44. The van der Waals surface area contributed by atoms with Crippen LogP contribution in [0, 0.1) is 17.5 Å². The van der Waals surface area contributed by atoms with E-state index < -0.39 is 23.0 Å². The van der Waals surface area contributed by atoms with E-state index in [0.717, 1.165) is 12.8 Å². The molecular formula is C14H9ClF3N5. The molecule has 1 aromatic carbocycles. The first-order chi connectivity index (χ1) is 11.0. The summed E-state index contributed by atoms with van der Waals surface area (Å²) in [5.74, 6) is -2.66. The summed E-state index contributed by atoms with van der Waals surface area (Å²) in [7, 11) is 0. The molecule has 1 aliphatic rings. The third kappa shape index (κ3) is 2.39. The largest absolute Gasteiger partial charge is 0.367 e. The minimum atomic E-state index is -1.07. The van der Waals surface area contributed by atoms with E-state index in [-0.39, 0.29) is 28.4 Å². The molecule has 0 bridgehead atoms. The molecule has 0 atom stereocenters. The van der Waals surface area contributed by atoms with E-state index in [1.54, 1.807) is 0 Å². The van der Waals surface area contributed by atoms with E-state index in [4.69, 9.17) is 11.6 Å². The number of benzene rings is 1. The Hall–Kier alpha value is -2.35. The molecule has 23 heavy (non-hydrogen) atoms. The average molecular weight is 340 g/mol. The Morgan fingerprint density at radius 2 is 1.83 bits per heavy atom. The van der Waals surface area contributed by atoms with Gasteiger partial charge in [0.2, 0.25) is 0 Å². The number of hydrogen-bond donors (Lipinski definition) is 1. The molecule has 2 aromatic heterocycles. The highest BCUT2D eigenvalue weighted by atomic mass is 35.5. The van der Waals surface area contributed by atoms with Crippen molar-refractivity contribution in [3.8, 4) is 11.1 Å². The van der Waals surface area contributed by atoms with Crippen molar-refractivity contribution in [1.82, 2.24) is 19.6 Å². The molecule has 1 fully saturated rings. The molecule has 0 radical (unpaired) electrons. The van der Waals surface area contributed by atoms with Crippen molar-refractivity contribution < 1.29 is 13.2 Å². The first kappa shape index (κ1) is 14.3. The molecule has 5 nitrogen and oxygen atoms in total. The van der Waals surface area contributed by atoms with Crippen molar-refractivity contribution in [2.75, 3.05) is 5.32 Å². The van der Waals surface area contributed by atoms with Crippen LogP contribution in [0.1, 0.15) is 12.8 Å². The number of aromatic nitrogens is 4. The average Bonchev–Trinajstić information content (AvgIpc) is 3.16. The molecule has 1 saturated carbocycles. The highest BCUT2D eigenvalue weighted by Crippen LogP contribution is 2.39. The van der Waals surface area contributed by atoms with Gasteiger partial charge in [0.15, 0.2) is 0 Å². The lowest BCUT2D eigenvalue weighted by atomic mass is 10.1. The van der Waals surface area contributed by atoms with Gasteiger partial charge in [0.1, 0.15) is 34.7 Å². The fourth-order valence-corrected chi connectivity index (χ4v) is 2.63. The van der Waals surface area contributed by atoms with Crippen LogP contribution in [0.25, 0.3) is 16.9 Å². The van der Waals surface area contributed by atoms with Crippen LogP contribution in [0.15, 0.2) is 18.5 Å². The lowest BCUT2D eigenvalue weighted by Gasteiger charge is -2.15. The van der Waals surface area contributed by atoms with Crippen LogP contribution in [-0.4, -0.2) is 25.6 Å². The second-order valence-electron chi connectivity index (χ2n) is 5.26. The summed E-state index contributed by atoms with van der Waals surface area (Å²) in [6.07, 6.45) is 3.10. The van der Waals surface area contributed by atoms with Gasteiger partial charge in [-0.3, -0.25) is 0 Å². The van der Waals surface area contributed by atoms with Gasteiger partial charge in [0, 0.05) is 18.2 Å². The van der Waals surface area contributed by atoms with Crippen molar-refractivity contribution in [3.05, 3.63) is 41.1 Å². The van der Waals surface area contributed by atoms with Crippen molar-refractivity contribution in [2.24, 2.45) is 0 Å². The zero-order valence-corrected chi connectivity index (χ0v) is 12.3. The number of anilines is 1. The second-order valence-corrected chi connectivity index (χ2v) is 5.62. The molecular weight excluding hydrogens is 331 g/mol. The van der Waals surface area contributed by atoms with Gasteiger partial charge in [-0.1, -0.05) is 11.6 Å². The van der Waals surface area contributed by atoms with Crippen LogP contribution < -0.4 is 5.32 Å². The lowest BCUT2D eigenvalue weighted by Crippen LogP contribution is -2.11. The maximum atomic E-state index is 14.2. The SMILES string of the molecule is Fc1cc(F)c(-c2c(Cl)nc3ncnn3c2NC2CC2)c(F)c1. The molecule has 4 rings (SSSR count). The van der Waals surface area contributed by atoms with Crippen molar-refractivity contribution in [3.63, 3.8) is 0 Å². The van der Waals surface area contributed by atoms with Crippen LogP contribution in [0.5, 0.6) is 0 Å². The number of rotatable bonds is 3. The standard InChI is InChI=1S/C14H9ClF3N5/c15-12-11(10-8(17)3-6(16)4-9(10)18)13(21-7-1-2-7)23-14(22-12)19-5-20-23/h3-5,7,21H,1-2H2. The Bertz CT molecular complexity index is 899. The van der Waals surface area contributed by atoms with Crippen LogP contribution in [0.3, 0.4) is 0 Å². The molecule has 3 aromatic rings. The summed E-state index contributed by atoms with van der Waals surface area (Å²) < 4.78 is 42.9. The van der Waals surface area contributed by atoms with E-state index in [2.05, 4.69) is 20.4 Å². The van der Waals surface area contributed by atoms with Crippen molar-refractivity contribution in [1.29, 1.82) is 0 Å². The van der Waals surface area contributed by atoms with Crippen LogP contribution in [0.2, 0.25) is 5.15 Å². The highest BCUT2D eigenvalue weighted by Gasteiger charge is 2.28. The van der Waals surface area contributed by atoms with Crippen LogP contribution >= 0.6 is 11.6 Å². The summed E-state index contributed by atoms with van der Waals surface area (Å²) >= 11 is 6.13. The van der Waals surface area contributed by atoms with Gasteiger partial charge < -0.3 is 5.32 Å². The summed E-state index contributed by atoms with van der Waals surface area (Å²) in [6, 6.07) is 1.36. The molecule has 0 amide bonds. The normalized spacial score (nSPS) is 14.4. The summed E-state index contributed by atoms with van der Waals surface area (Å²) in [5.41, 5.74) is -0.462. The summed E-state index contributed by atoms with van der Waals surface area (Å²) in [4.78, 5) is 7.92. The van der Waals surface area contributed by atoms with Crippen molar-refractivity contribution >= 4 is 23.2 Å². The van der Waals surface area contributed by atoms with E-state index in [1.807, 2.05) is 0 Å². The smallest absolute Gasteiger partial charge is 0.255 e. The van der Waals surface area contributed by atoms with Crippen LogP contribution in [0.4, 0.5) is 19.0 Å². The predicted molar refractivity (Wildman–Crippen MR) is 77.7 cm³/mol. The van der Waals surface area contributed by atoms with Gasteiger partial charge in [-0.05, 0) is 12.8 Å². The Balaban J connectivity index is 2.04. The molecule has 9 heteroatoms. The molecule has 0 saturated heterocycles. The first-order valence-electron chi connectivity index (χ1n) is 6.85. The minimum absolute atomic E-state index is 0.00781. The zero-order chi connectivity index (χ0) is 16.1. The number of hydrogen-bond acceptors (Lipinski definition) is 4. The molecule has 1 aliphatic carbocycles. The number of nitrogens with one attached hydrogen (secondary N) is 1. The van der Waals surface area contributed by atoms with E-state index >= 15 is 0 Å². The Labute approximate surface area is 133 Å². The second kappa shape index (κ2) is 5.09. The summed E-state index contributed by atoms with van der Waals surface area (Å²) in [6.45, 7) is 0. The number of nitrogens with zero attached hydrogens (tertiary/aromatic N) is 4. The molecule has 0 aliphatic heterocycles. The number of halogens is 4. The quantitative estimate of drug-likeness (QED) is 0.743. The first-order valence-corrected chi connectivity index (χ1v) is 7.23. The monoisotopic (exact) mass is 339 g/mol. The minimum Gasteiger partial charge on any atom is -0.367 e. The number of fused-ring (bicyclic) bond motifs is 1. The third-order valence-corrected chi connectivity index (χ3v) is 3.83. The van der Waals surface area contributed by atoms with Gasteiger partial charge in [0.05, 0.1) is 11.1 Å². The third-order valence-electron chi connectivity index (χ3n) is 3.56. The van der Waals surface area contributed by atoms with Gasteiger partial charge in [-0.25, -0.2) is 13.2 Å². The zero-order valence-electron chi connectivity index (χ0n) is 11.5. The van der Waals surface area contributed by atoms with Gasteiger partial charge >= 0.3 is 0 Å². The van der Waals surface area contributed by atoms with Crippen LogP contribution in [-0.2, 0) is 0 Å². The fourth-order valence-electron chi connectivity index (χ4n) is 2.37. The summed E-state index contributed by atoms with van der Waals surface area (Å²) in [5, 5.41) is 7.00.